The molecule has 2 aliphatic heterocycles. The molecule has 2 saturated heterocycles. The van der Waals surface area contributed by atoms with Crippen LogP contribution in [0, 0.1) is 0 Å². The van der Waals surface area contributed by atoms with E-state index in [2.05, 4.69) is 27.3 Å². The van der Waals surface area contributed by atoms with Gasteiger partial charge in [-0.3, -0.25) is 4.90 Å². The largest absolute Gasteiger partial charge is 0.379 e. The predicted octanol–water partition coefficient (Wildman–Crippen LogP) is 0.425. The number of rotatable bonds is 4. The first-order chi connectivity index (χ1) is 11.6. The molecule has 2 amide bonds. The molecule has 0 saturated carbocycles. The molecular weight excluding hydrogens is 308 g/mol. The van der Waals surface area contributed by atoms with Gasteiger partial charge in [-0.05, 0) is 19.8 Å². The molecule has 2 atom stereocenters. The topological polar surface area (TPSA) is 75.5 Å². The quantitative estimate of drug-likeness (QED) is 0.863. The van der Waals surface area contributed by atoms with E-state index in [9.17, 15) is 4.79 Å². The molecule has 3 heterocycles. The van der Waals surface area contributed by atoms with E-state index in [1.165, 1.54) is 0 Å². The normalized spacial score (nSPS) is 23.9. The maximum Gasteiger partial charge on any atom is 0.317 e. The van der Waals surface area contributed by atoms with Crippen LogP contribution in [0.4, 0.5) is 4.79 Å². The van der Waals surface area contributed by atoms with E-state index in [1.54, 1.807) is 6.33 Å². The summed E-state index contributed by atoms with van der Waals surface area (Å²) in [5.41, 5.74) is 0. The van der Waals surface area contributed by atoms with Crippen molar-refractivity contribution in [3.05, 3.63) is 12.2 Å². The summed E-state index contributed by atoms with van der Waals surface area (Å²) in [6.07, 6.45) is 3.78. The highest BCUT2D eigenvalue weighted by molar-refractivity contribution is 5.74. The van der Waals surface area contributed by atoms with Crippen LogP contribution in [0.25, 0.3) is 0 Å². The van der Waals surface area contributed by atoms with E-state index in [-0.39, 0.29) is 11.9 Å². The number of morpholine rings is 1. The Hall–Kier alpha value is -1.67. The Bertz CT molecular complexity index is 542. The van der Waals surface area contributed by atoms with Crippen LogP contribution in [0.5, 0.6) is 0 Å². The molecule has 1 aromatic rings. The number of piperidine rings is 1. The lowest BCUT2D eigenvalue weighted by atomic mass is 9.97. The molecule has 8 heteroatoms. The van der Waals surface area contributed by atoms with Crippen LogP contribution >= 0.6 is 0 Å². The van der Waals surface area contributed by atoms with Gasteiger partial charge in [0.1, 0.15) is 12.2 Å². The SMILES string of the molecule is C[C@H](CNC(=O)N1CCC[C@@H](c2nncn2C)C1)N1CCOCC1. The first kappa shape index (κ1) is 17.2. The summed E-state index contributed by atoms with van der Waals surface area (Å²) >= 11 is 0. The number of amides is 2. The van der Waals surface area contributed by atoms with Crippen molar-refractivity contribution in [3.63, 3.8) is 0 Å². The van der Waals surface area contributed by atoms with Gasteiger partial charge in [-0.25, -0.2) is 4.79 Å². The Morgan fingerprint density at radius 3 is 2.92 bits per heavy atom. The molecule has 0 aromatic carbocycles. The highest BCUT2D eigenvalue weighted by Gasteiger charge is 2.27. The van der Waals surface area contributed by atoms with Gasteiger partial charge in [0.15, 0.2) is 0 Å². The van der Waals surface area contributed by atoms with Crippen LogP contribution < -0.4 is 5.32 Å². The number of aromatic nitrogens is 3. The fourth-order valence-corrected chi connectivity index (χ4v) is 3.53. The number of hydrogen-bond donors (Lipinski definition) is 1. The van der Waals surface area contributed by atoms with E-state index < -0.39 is 0 Å². The number of carbonyl (C=O) groups excluding carboxylic acids is 1. The van der Waals surface area contributed by atoms with Crippen LogP contribution in [-0.4, -0.2) is 82.6 Å². The van der Waals surface area contributed by atoms with Gasteiger partial charge in [0, 0.05) is 51.7 Å². The summed E-state index contributed by atoms with van der Waals surface area (Å²) in [7, 11) is 1.96. The Morgan fingerprint density at radius 2 is 2.21 bits per heavy atom. The lowest BCUT2D eigenvalue weighted by molar-refractivity contribution is 0.0206. The summed E-state index contributed by atoms with van der Waals surface area (Å²) in [6.45, 7) is 7.79. The van der Waals surface area contributed by atoms with Crippen molar-refractivity contribution in [2.45, 2.75) is 31.7 Å². The van der Waals surface area contributed by atoms with Crippen LogP contribution in [0.1, 0.15) is 31.5 Å². The van der Waals surface area contributed by atoms with Crippen molar-refractivity contribution < 1.29 is 9.53 Å². The third-order valence-electron chi connectivity index (χ3n) is 5.04. The molecule has 0 unspecified atom stereocenters. The minimum Gasteiger partial charge on any atom is -0.379 e. The Balaban J connectivity index is 1.48. The Morgan fingerprint density at radius 1 is 1.42 bits per heavy atom. The number of hydrogen-bond acceptors (Lipinski definition) is 5. The van der Waals surface area contributed by atoms with Crippen LogP contribution in [0.15, 0.2) is 6.33 Å². The van der Waals surface area contributed by atoms with E-state index in [0.29, 0.717) is 19.1 Å². The fraction of sp³-hybridized carbons (Fsp3) is 0.812. The molecule has 3 rings (SSSR count). The number of carbonyl (C=O) groups is 1. The monoisotopic (exact) mass is 336 g/mol. The van der Waals surface area contributed by atoms with Crippen molar-refractivity contribution in [2.24, 2.45) is 7.05 Å². The molecule has 134 valence electrons. The third kappa shape index (κ3) is 4.05. The second-order valence-electron chi connectivity index (χ2n) is 6.77. The van der Waals surface area contributed by atoms with Gasteiger partial charge in [-0.2, -0.15) is 0 Å². The zero-order valence-corrected chi connectivity index (χ0v) is 14.6. The average Bonchev–Trinajstić information content (AvgIpc) is 3.06. The first-order valence-corrected chi connectivity index (χ1v) is 8.83. The number of urea groups is 1. The van der Waals surface area contributed by atoms with Gasteiger partial charge in [0.25, 0.3) is 0 Å². The van der Waals surface area contributed by atoms with Crippen molar-refractivity contribution in [3.8, 4) is 0 Å². The van der Waals surface area contributed by atoms with Gasteiger partial charge in [0.2, 0.25) is 0 Å². The smallest absolute Gasteiger partial charge is 0.317 e. The molecule has 24 heavy (non-hydrogen) atoms. The second-order valence-corrected chi connectivity index (χ2v) is 6.77. The van der Waals surface area contributed by atoms with E-state index in [0.717, 1.165) is 51.5 Å². The highest BCUT2D eigenvalue weighted by Crippen LogP contribution is 2.24. The van der Waals surface area contributed by atoms with Crippen LogP contribution in [0.2, 0.25) is 0 Å². The summed E-state index contributed by atoms with van der Waals surface area (Å²) in [6, 6.07) is 0.360. The second kappa shape index (κ2) is 7.94. The molecule has 0 bridgehead atoms. The molecule has 2 aliphatic rings. The molecule has 2 fully saturated rings. The number of nitrogens with zero attached hydrogens (tertiary/aromatic N) is 5. The van der Waals surface area contributed by atoms with Gasteiger partial charge in [0.05, 0.1) is 13.2 Å². The molecule has 0 spiro atoms. The first-order valence-electron chi connectivity index (χ1n) is 8.83. The van der Waals surface area contributed by atoms with Crippen molar-refractivity contribution in [1.82, 2.24) is 29.9 Å². The molecule has 1 aromatic heterocycles. The van der Waals surface area contributed by atoms with Gasteiger partial charge < -0.3 is 19.5 Å². The Kier molecular flexibility index (Phi) is 5.68. The zero-order chi connectivity index (χ0) is 16.9. The Labute approximate surface area is 143 Å². The van der Waals surface area contributed by atoms with E-state index >= 15 is 0 Å². The maximum absolute atomic E-state index is 12.5. The molecule has 1 N–H and O–H groups in total. The van der Waals surface area contributed by atoms with E-state index in [1.807, 2.05) is 16.5 Å². The highest BCUT2D eigenvalue weighted by atomic mass is 16.5. The lowest BCUT2D eigenvalue weighted by Gasteiger charge is -2.34. The zero-order valence-electron chi connectivity index (χ0n) is 14.6. The van der Waals surface area contributed by atoms with Gasteiger partial charge in [-0.1, -0.05) is 0 Å². The summed E-state index contributed by atoms with van der Waals surface area (Å²) in [5.74, 6) is 1.24. The molecular formula is C16H28N6O2. The van der Waals surface area contributed by atoms with E-state index in [4.69, 9.17) is 4.74 Å². The maximum atomic E-state index is 12.5. The number of nitrogens with one attached hydrogen (secondary N) is 1. The summed E-state index contributed by atoms with van der Waals surface area (Å²) in [4.78, 5) is 16.8. The minimum atomic E-state index is 0.0296. The van der Waals surface area contributed by atoms with Crippen LogP contribution in [-0.2, 0) is 11.8 Å². The number of likely N-dealkylation sites (tertiary alicyclic amines) is 1. The van der Waals surface area contributed by atoms with Crippen molar-refractivity contribution in [1.29, 1.82) is 0 Å². The number of ether oxygens (including phenoxy) is 1. The minimum absolute atomic E-state index is 0.0296. The van der Waals surface area contributed by atoms with Gasteiger partial charge in [-0.15, -0.1) is 10.2 Å². The fourth-order valence-electron chi connectivity index (χ4n) is 3.53. The molecule has 0 aliphatic carbocycles. The predicted molar refractivity (Wildman–Crippen MR) is 89.8 cm³/mol. The lowest BCUT2D eigenvalue weighted by Crippen LogP contribution is -2.51. The molecule has 8 nitrogen and oxygen atoms in total. The van der Waals surface area contributed by atoms with Crippen LogP contribution in [0.3, 0.4) is 0 Å². The average molecular weight is 336 g/mol. The number of aryl methyl sites for hydroxylation is 1. The summed E-state index contributed by atoms with van der Waals surface area (Å²) in [5, 5.41) is 11.3. The third-order valence-corrected chi connectivity index (χ3v) is 5.04. The summed E-state index contributed by atoms with van der Waals surface area (Å²) < 4.78 is 7.33. The molecule has 0 radical (unpaired) electrons. The standard InChI is InChI=1S/C16H28N6O2/c1-13(21-6-8-24-9-7-21)10-17-16(23)22-5-3-4-14(11-22)15-19-18-12-20(15)2/h12-14H,3-11H2,1-2H3,(H,17,23)/t13-,14-/m1/s1. The van der Waals surface area contributed by atoms with Gasteiger partial charge >= 0.3 is 6.03 Å². The van der Waals surface area contributed by atoms with Crippen molar-refractivity contribution >= 4 is 6.03 Å². The van der Waals surface area contributed by atoms with Crippen molar-refractivity contribution in [2.75, 3.05) is 45.9 Å².